The molecule has 2 heterocycles. The number of hydrogen-bond acceptors (Lipinski definition) is 5. The second-order valence-corrected chi connectivity index (χ2v) is 7.53. The lowest BCUT2D eigenvalue weighted by Crippen LogP contribution is -2.43. The number of carbonyl (C=O) groups is 1. The van der Waals surface area contributed by atoms with E-state index >= 15 is 0 Å². The van der Waals surface area contributed by atoms with Gasteiger partial charge in [0.1, 0.15) is 0 Å². The van der Waals surface area contributed by atoms with Crippen molar-refractivity contribution in [1.82, 2.24) is 15.1 Å². The zero-order chi connectivity index (χ0) is 23.6. The van der Waals surface area contributed by atoms with Crippen LogP contribution in [0.5, 0.6) is 0 Å². The van der Waals surface area contributed by atoms with Crippen LogP contribution in [0.2, 0.25) is 0 Å². The molecular weight excluding hydrogens is 437 g/mol. The van der Waals surface area contributed by atoms with Gasteiger partial charge in [0.05, 0.1) is 11.6 Å². The van der Waals surface area contributed by atoms with Crippen LogP contribution in [0.15, 0.2) is 71.5 Å². The van der Waals surface area contributed by atoms with Crippen LogP contribution in [-0.4, -0.2) is 32.4 Å². The summed E-state index contributed by atoms with van der Waals surface area (Å²) in [6.45, 7) is 1.64. The lowest BCUT2D eigenvalue weighted by molar-refractivity contribution is -0.137. The van der Waals surface area contributed by atoms with Crippen LogP contribution in [0, 0.1) is 0 Å². The molecule has 33 heavy (non-hydrogen) atoms. The maximum absolute atomic E-state index is 12.7. The Bertz CT molecular complexity index is 1270. The number of carboxylic acid groups (broad SMARTS) is 1. The summed E-state index contributed by atoms with van der Waals surface area (Å²) in [5.74, 6) is 0.624. The van der Waals surface area contributed by atoms with Crippen molar-refractivity contribution < 1.29 is 27.6 Å². The third-order valence-corrected chi connectivity index (χ3v) is 5.13. The third kappa shape index (κ3) is 5.05. The molecule has 0 saturated carbocycles. The molecule has 4 aromatic rings. The second-order valence-electron chi connectivity index (χ2n) is 7.53. The molecule has 4 rings (SSSR count). The number of halogens is 3. The molecule has 0 aliphatic rings. The fraction of sp³-hybridized carbons (Fsp3) is 0.174. The van der Waals surface area contributed by atoms with Crippen molar-refractivity contribution in [3.8, 4) is 11.3 Å². The molecule has 0 bridgehead atoms. The molecule has 0 radical (unpaired) electrons. The van der Waals surface area contributed by atoms with Crippen molar-refractivity contribution in [1.29, 1.82) is 0 Å². The van der Waals surface area contributed by atoms with Crippen LogP contribution < -0.4 is 5.43 Å². The van der Waals surface area contributed by atoms with E-state index in [1.165, 1.54) is 12.1 Å². The number of nitrogens with one attached hydrogen (secondary N) is 1. The molecule has 7 nitrogen and oxygen atoms in total. The van der Waals surface area contributed by atoms with Gasteiger partial charge in [-0.25, -0.2) is 9.80 Å². The van der Waals surface area contributed by atoms with Crippen molar-refractivity contribution in [3.63, 3.8) is 0 Å². The molecule has 0 aliphatic carbocycles. The van der Waals surface area contributed by atoms with Crippen LogP contribution in [0.4, 0.5) is 23.8 Å². The summed E-state index contributed by atoms with van der Waals surface area (Å²) in [7, 11) is 0. The van der Waals surface area contributed by atoms with Crippen molar-refractivity contribution >= 4 is 22.7 Å². The predicted octanol–water partition coefficient (Wildman–Crippen LogP) is 5.85. The van der Waals surface area contributed by atoms with Gasteiger partial charge in [-0.2, -0.15) is 13.2 Å². The molecule has 2 aromatic carbocycles. The maximum Gasteiger partial charge on any atom is 0.426 e. The Morgan fingerprint density at radius 1 is 1.12 bits per heavy atom. The van der Waals surface area contributed by atoms with Gasteiger partial charge in [-0.05, 0) is 48.6 Å². The molecular formula is C23H19F3N4O3. The number of aromatic nitrogens is 2. The summed E-state index contributed by atoms with van der Waals surface area (Å²) in [6, 6.07) is 13.1. The Hall–Kier alpha value is -4.08. The Balaban J connectivity index is 1.47. The smallest absolute Gasteiger partial charge is 0.426 e. The number of anilines is 1. The van der Waals surface area contributed by atoms with Gasteiger partial charge in [0.15, 0.2) is 11.6 Å². The minimum atomic E-state index is -4.43. The number of benzene rings is 2. The molecule has 2 aromatic heterocycles. The fourth-order valence-corrected chi connectivity index (χ4v) is 3.43. The number of rotatable bonds is 6. The standard InChI is InChI=1S/C23H19F3N4O3/c1-14(10-15-2-6-19(7-3-15)23(24,25)26)30(22(31)32)28-21-12-20(33-29-21)17-4-5-18-13-27-9-8-16(18)11-17/h2-9,11-14H,10H2,1H3,(H,28,29)(H,31,32)/t14-/m0/s1. The first-order valence-corrected chi connectivity index (χ1v) is 9.96. The topological polar surface area (TPSA) is 91.5 Å². The molecule has 170 valence electrons. The van der Waals surface area contributed by atoms with Crippen LogP contribution >= 0.6 is 0 Å². The predicted molar refractivity (Wildman–Crippen MR) is 115 cm³/mol. The Kier molecular flexibility index (Phi) is 5.91. The average Bonchev–Trinajstić information content (AvgIpc) is 3.25. The highest BCUT2D eigenvalue weighted by Crippen LogP contribution is 2.30. The molecule has 0 fully saturated rings. The lowest BCUT2D eigenvalue weighted by Gasteiger charge is -2.26. The van der Waals surface area contributed by atoms with Crippen molar-refractivity contribution in [2.24, 2.45) is 0 Å². The van der Waals surface area contributed by atoms with Gasteiger partial charge in [-0.3, -0.25) is 10.4 Å². The Morgan fingerprint density at radius 2 is 1.88 bits per heavy atom. The van der Waals surface area contributed by atoms with E-state index in [9.17, 15) is 23.1 Å². The minimum absolute atomic E-state index is 0.182. The molecule has 1 atom stereocenters. The van der Waals surface area contributed by atoms with Crippen molar-refractivity contribution in [3.05, 3.63) is 78.1 Å². The van der Waals surface area contributed by atoms with Crippen LogP contribution in [0.3, 0.4) is 0 Å². The quantitative estimate of drug-likeness (QED) is 0.354. The second kappa shape index (κ2) is 8.81. The SMILES string of the molecule is C[C@@H](Cc1ccc(C(F)(F)F)cc1)N(Nc1cc(-c2ccc3cnccc3c2)on1)C(=O)O. The van der Waals surface area contributed by atoms with Crippen LogP contribution in [0.25, 0.3) is 22.1 Å². The molecule has 2 N–H and O–H groups in total. The molecule has 10 heteroatoms. The van der Waals surface area contributed by atoms with Gasteiger partial charge in [-0.15, -0.1) is 0 Å². The maximum atomic E-state index is 12.7. The summed E-state index contributed by atoms with van der Waals surface area (Å²) in [5, 5.41) is 16.4. The van der Waals surface area contributed by atoms with E-state index in [1.807, 2.05) is 24.3 Å². The van der Waals surface area contributed by atoms with Crippen molar-refractivity contribution in [2.75, 3.05) is 5.43 Å². The van der Waals surface area contributed by atoms with E-state index in [-0.39, 0.29) is 12.2 Å². The molecule has 0 saturated heterocycles. The zero-order valence-electron chi connectivity index (χ0n) is 17.4. The first-order valence-electron chi connectivity index (χ1n) is 9.96. The summed E-state index contributed by atoms with van der Waals surface area (Å²) in [4.78, 5) is 15.9. The average molecular weight is 456 g/mol. The number of alkyl halides is 3. The van der Waals surface area contributed by atoms with E-state index in [2.05, 4.69) is 15.6 Å². The molecule has 0 aliphatic heterocycles. The van der Waals surface area contributed by atoms with E-state index in [0.717, 1.165) is 33.5 Å². The fourth-order valence-electron chi connectivity index (χ4n) is 3.43. The summed E-state index contributed by atoms with van der Waals surface area (Å²) >= 11 is 0. The Morgan fingerprint density at radius 3 is 2.58 bits per heavy atom. The molecule has 0 unspecified atom stereocenters. The van der Waals surface area contributed by atoms with Crippen LogP contribution in [-0.2, 0) is 12.6 Å². The monoisotopic (exact) mass is 456 g/mol. The number of pyridine rings is 1. The minimum Gasteiger partial charge on any atom is -0.464 e. The van der Waals surface area contributed by atoms with E-state index in [4.69, 9.17) is 4.52 Å². The van der Waals surface area contributed by atoms with Crippen LogP contribution in [0.1, 0.15) is 18.1 Å². The third-order valence-electron chi connectivity index (χ3n) is 5.13. The first kappa shape index (κ1) is 22.1. The summed E-state index contributed by atoms with van der Waals surface area (Å²) < 4.78 is 43.6. The van der Waals surface area contributed by atoms with Gasteiger partial charge in [0.2, 0.25) is 0 Å². The number of hydrogen-bond donors (Lipinski definition) is 2. The van der Waals surface area contributed by atoms with Crippen molar-refractivity contribution in [2.45, 2.75) is 25.6 Å². The first-order chi connectivity index (χ1) is 15.7. The summed E-state index contributed by atoms with van der Waals surface area (Å²) in [6.07, 6.45) is -2.07. The Labute approximate surface area is 186 Å². The van der Waals surface area contributed by atoms with E-state index in [1.54, 1.807) is 25.4 Å². The highest BCUT2D eigenvalue weighted by atomic mass is 19.4. The number of nitrogens with zero attached hydrogens (tertiary/aromatic N) is 3. The molecule has 1 amide bonds. The van der Waals surface area contributed by atoms with Gasteiger partial charge < -0.3 is 9.63 Å². The van der Waals surface area contributed by atoms with Gasteiger partial charge in [-0.1, -0.05) is 29.4 Å². The largest absolute Gasteiger partial charge is 0.464 e. The number of hydrazine groups is 1. The lowest BCUT2D eigenvalue weighted by atomic mass is 10.0. The van der Waals surface area contributed by atoms with E-state index in [0.29, 0.717) is 11.3 Å². The van der Waals surface area contributed by atoms with Gasteiger partial charge in [0.25, 0.3) is 0 Å². The van der Waals surface area contributed by atoms with Gasteiger partial charge >= 0.3 is 12.3 Å². The highest BCUT2D eigenvalue weighted by molar-refractivity contribution is 5.86. The zero-order valence-corrected chi connectivity index (χ0v) is 17.4. The normalized spacial score (nSPS) is 12.5. The van der Waals surface area contributed by atoms with Gasteiger partial charge in [0, 0.05) is 29.4 Å². The number of amides is 1. The highest BCUT2D eigenvalue weighted by Gasteiger charge is 2.30. The number of fused-ring (bicyclic) bond motifs is 1. The summed E-state index contributed by atoms with van der Waals surface area (Å²) in [5.41, 5.74) is 3.27. The molecule has 0 spiro atoms. The van der Waals surface area contributed by atoms with E-state index < -0.39 is 23.9 Å².